The Balaban J connectivity index is 2.55. The number of halogens is 1. The van der Waals surface area contributed by atoms with E-state index in [1.807, 2.05) is 11.8 Å². The molecule has 0 saturated carbocycles. The predicted octanol–water partition coefficient (Wildman–Crippen LogP) is 2.09. The van der Waals surface area contributed by atoms with Crippen LogP contribution >= 0.6 is 11.6 Å². The summed E-state index contributed by atoms with van der Waals surface area (Å²) < 4.78 is 0. The standard InChI is InChI=1S/C13H17ClN4O/c1-9(5-6-15)18(2)8-13(19)17-10-3-4-11(14)12(16)7-10/h3-4,7,9H,5,8,16H2,1-2H3,(H,17,19). The van der Waals surface area contributed by atoms with E-state index in [-0.39, 0.29) is 18.5 Å². The van der Waals surface area contributed by atoms with Gasteiger partial charge in [-0.2, -0.15) is 5.26 Å². The maximum atomic E-state index is 11.8. The summed E-state index contributed by atoms with van der Waals surface area (Å²) in [6, 6.07) is 7.05. The van der Waals surface area contributed by atoms with E-state index in [1.165, 1.54) is 0 Å². The highest BCUT2D eigenvalue weighted by Gasteiger charge is 2.13. The Labute approximate surface area is 117 Å². The van der Waals surface area contributed by atoms with Gasteiger partial charge in [0.15, 0.2) is 0 Å². The highest BCUT2D eigenvalue weighted by atomic mass is 35.5. The van der Waals surface area contributed by atoms with E-state index >= 15 is 0 Å². The van der Waals surface area contributed by atoms with Gasteiger partial charge in [-0.15, -0.1) is 0 Å². The topological polar surface area (TPSA) is 82.2 Å². The fourth-order valence-electron chi connectivity index (χ4n) is 1.49. The van der Waals surface area contributed by atoms with Crippen LogP contribution in [0.25, 0.3) is 0 Å². The number of hydrogen-bond donors (Lipinski definition) is 2. The van der Waals surface area contributed by atoms with Crippen molar-refractivity contribution >= 4 is 28.9 Å². The number of nitrogen functional groups attached to an aromatic ring is 1. The number of benzene rings is 1. The van der Waals surface area contributed by atoms with E-state index in [0.717, 1.165) is 0 Å². The van der Waals surface area contributed by atoms with Crippen molar-refractivity contribution in [1.82, 2.24) is 4.90 Å². The van der Waals surface area contributed by atoms with Crippen LogP contribution in [0.15, 0.2) is 18.2 Å². The Hall–Kier alpha value is -1.77. The smallest absolute Gasteiger partial charge is 0.238 e. The van der Waals surface area contributed by atoms with E-state index in [1.54, 1.807) is 25.2 Å². The maximum Gasteiger partial charge on any atom is 0.238 e. The van der Waals surface area contributed by atoms with E-state index in [9.17, 15) is 4.79 Å². The van der Waals surface area contributed by atoms with Gasteiger partial charge in [-0.1, -0.05) is 11.6 Å². The molecule has 0 fully saturated rings. The molecule has 5 nitrogen and oxygen atoms in total. The molecule has 1 aromatic carbocycles. The molecule has 0 radical (unpaired) electrons. The van der Waals surface area contributed by atoms with Gasteiger partial charge in [-0.3, -0.25) is 9.69 Å². The molecule has 3 N–H and O–H groups in total. The Morgan fingerprint density at radius 1 is 1.63 bits per heavy atom. The van der Waals surface area contributed by atoms with Gasteiger partial charge in [0.1, 0.15) is 0 Å². The number of nitrogens with one attached hydrogen (secondary N) is 1. The van der Waals surface area contributed by atoms with E-state index in [2.05, 4.69) is 11.4 Å². The minimum Gasteiger partial charge on any atom is -0.397 e. The molecule has 0 bridgehead atoms. The Kier molecular flexibility index (Phi) is 5.61. The number of carbonyl (C=O) groups is 1. The van der Waals surface area contributed by atoms with Crippen molar-refractivity contribution in [1.29, 1.82) is 5.26 Å². The Morgan fingerprint density at radius 3 is 2.89 bits per heavy atom. The fourth-order valence-corrected chi connectivity index (χ4v) is 1.61. The van der Waals surface area contributed by atoms with Gasteiger partial charge in [-0.25, -0.2) is 0 Å². The number of amides is 1. The molecule has 6 heteroatoms. The van der Waals surface area contributed by atoms with E-state index in [4.69, 9.17) is 22.6 Å². The molecule has 0 saturated heterocycles. The molecule has 0 aliphatic rings. The van der Waals surface area contributed by atoms with Crippen LogP contribution in [0.2, 0.25) is 5.02 Å². The van der Waals surface area contributed by atoms with E-state index < -0.39 is 0 Å². The van der Waals surface area contributed by atoms with Gasteiger partial charge in [0.05, 0.1) is 29.7 Å². The summed E-state index contributed by atoms with van der Waals surface area (Å²) >= 11 is 5.80. The van der Waals surface area contributed by atoms with Gasteiger partial charge in [0, 0.05) is 11.7 Å². The van der Waals surface area contributed by atoms with Crippen molar-refractivity contribution in [3.63, 3.8) is 0 Å². The SMILES string of the molecule is CC(CC#N)N(C)CC(=O)Nc1ccc(Cl)c(N)c1. The molecule has 0 aliphatic heterocycles. The maximum absolute atomic E-state index is 11.8. The van der Waals surface area contributed by atoms with Crippen LogP contribution < -0.4 is 11.1 Å². The number of likely N-dealkylation sites (N-methyl/N-ethyl adjacent to an activating group) is 1. The minimum atomic E-state index is -0.158. The first-order valence-corrected chi connectivity index (χ1v) is 6.24. The lowest BCUT2D eigenvalue weighted by Gasteiger charge is -2.21. The molecular weight excluding hydrogens is 264 g/mol. The van der Waals surface area contributed by atoms with Crippen LogP contribution in [0.5, 0.6) is 0 Å². The van der Waals surface area contributed by atoms with Gasteiger partial charge in [-0.05, 0) is 32.2 Å². The number of nitrogens with zero attached hydrogens (tertiary/aromatic N) is 2. The Morgan fingerprint density at radius 2 is 2.32 bits per heavy atom. The molecule has 0 heterocycles. The van der Waals surface area contributed by atoms with Crippen LogP contribution in [0.3, 0.4) is 0 Å². The van der Waals surface area contributed by atoms with Crippen LogP contribution in [0, 0.1) is 11.3 Å². The van der Waals surface area contributed by atoms with Gasteiger partial charge in [0.25, 0.3) is 0 Å². The zero-order chi connectivity index (χ0) is 14.4. The van der Waals surface area contributed by atoms with Crippen molar-refractivity contribution in [2.75, 3.05) is 24.6 Å². The first-order valence-electron chi connectivity index (χ1n) is 5.86. The zero-order valence-corrected chi connectivity index (χ0v) is 11.7. The molecule has 1 rings (SSSR count). The number of nitriles is 1. The van der Waals surface area contributed by atoms with E-state index in [0.29, 0.717) is 22.8 Å². The lowest BCUT2D eigenvalue weighted by atomic mass is 10.2. The molecule has 19 heavy (non-hydrogen) atoms. The molecule has 0 aliphatic carbocycles. The third-order valence-electron chi connectivity index (χ3n) is 2.81. The lowest BCUT2D eigenvalue weighted by molar-refractivity contribution is -0.117. The third kappa shape index (κ3) is 4.78. The summed E-state index contributed by atoms with van der Waals surface area (Å²) in [4.78, 5) is 13.6. The summed E-state index contributed by atoms with van der Waals surface area (Å²) in [5.74, 6) is -0.158. The van der Waals surface area contributed by atoms with Crippen LogP contribution in [-0.2, 0) is 4.79 Å². The molecule has 1 unspecified atom stereocenters. The van der Waals surface area contributed by atoms with Crippen molar-refractivity contribution in [2.45, 2.75) is 19.4 Å². The second kappa shape index (κ2) is 6.98. The fraction of sp³-hybridized carbons (Fsp3) is 0.385. The summed E-state index contributed by atoms with van der Waals surface area (Å²) in [5.41, 5.74) is 6.68. The minimum absolute atomic E-state index is 0.0334. The van der Waals surface area contributed by atoms with Crippen LogP contribution in [-0.4, -0.2) is 30.4 Å². The average molecular weight is 281 g/mol. The summed E-state index contributed by atoms with van der Waals surface area (Å²) in [6.45, 7) is 2.11. The van der Waals surface area contributed by atoms with Gasteiger partial charge < -0.3 is 11.1 Å². The molecule has 102 valence electrons. The molecule has 1 amide bonds. The number of anilines is 2. The van der Waals surface area contributed by atoms with Crippen molar-refractivity contribution < 1.29 is 4.79 Å². The molecule has 1 aromatic rings. The third-order valence-corrected chi connectivity index (χ3v) is 3.16. The number of carbonyl (C=O) groups excluding carboxylic acids is 1. The number of rotatable bonds is 5. The number of nitrogens with two attached hydrogens (primary N) is 1. The van der Waals surface area contributed by atoms with Crippen molar-refractivity contribution in [2.24, 2.45) is 0 Å². The molecule has 1 atom stereocenters. The largest absolute Gasteiger partial charge is 0.397 e. The molecule has 0 spiro atoms. The van der Waals surface area contributed by atoms with Crippen LogP contribution in [0.1, 0.15) is 13.3 Å². The van der Waals surface area contributed by atoms with Gasteiger partial charge in [0.2, 0.25) is 5.91 Å². The zero-order valence-electron chi connectivity index (χ0n) is 11.0. The average Bonchev–Trinajstić information content (AvgIpc) is 2.34. The second-order valence-corrected chi connectivity index (χ2v) is 4.82. The summed E-state index contributed by atoms with van der Waals surface area (Å²) in [6.07, 6.45) is 0.387. The predicted molar refractivity (Wildman–Crippen MR) is 76.8 cm³/mol. The first kappa shape index (κ1) is 15.3. The lowest BCUT2D eigenvalue weighted by Crippen LogP contribution is -2.36. The summed E-state index contributed by atoms with van der Waals surface area (Å²) in [5, 5.41) is 11.8. The van der Waals surface area contributed by atoms with Crippen molar-refractivity contribution in [3.05, 3.63) is 23.2 Å². The first-order chi connectivity index (χ1) is 8.93. The molecular formula is C13H17ClN4O. The van der Waals surface area contributed by atoms with Crippen molar-refractivity contribution in [3.8, 4) is 6.07 Å². The number of hydrogen-bond acceptors (Lipinski definition) is 4. The normalized spacial score (nSPS) is 11.9. The highest BCUT2D eigenvalue weighted by Crippen LogP contribution is 2.22. The highest BCUT2D eigenvalue weighted by molar-refractivity contribution is 6.33. The van der Waals surface area contributed by atoms with Crippen LogP contribution in [0.4, 0.5) is 11.4 Å². The second-order valence-electron chi connectivity index (χ2n) is 4.41. The summed E-state index contributed by atoms with van der Waals surface area (Å²) in [7, 11) is 1.80. The quantitative estimate of drug-likeness (QED) is 0.809. The Bertz CT molecular complexity index is 498. The monoisotopic (exact) mass is 280 g/mol. The van der Waals surface area contributed by atoms with Gasteiger partial charge >= 0.3 is 0 Å². The molecule has 0 aromatic heterocycles.